The Labute approximate surface area is 141 Å². The number of carbonyl (C=O) groups excluding carboxylic acids is 1. The van der Waals surface area contributed by atoms with E-state index in [-0.39, 0.29) is 11.9 Å². The molecule has 0 aliphatic heterocycles. The number of ether oxygens (including phenoxy) is 1. The average Bonchev–Trinajstić information content (AvgIpc) is 2.97. The molecule has 0 saturated carbocycles. The van der Waals surface area contributed by atoms with Crippen LogP contribution in [0.4, 0.5) is 0 Å². The number of benzene rings is 2. The maximum absolute atomic E-state index is 12.7. The third-order valence-electron chi connectivity index (χ3n) is 4.37. The highest BCUT2D eigenvalue weighted by molar-refractivity contribution is 6.30. The van der Waals surface area contributed by atoms with Crippen molar-refractivity contribution in [1.82, 2.24) is 4.90 Å². The predicted molar refractivity (Wildman–Crippen MR) is 91.8 cm³/mol. The fourth-order valence-corrected chi connectivity index (χ4v) is 3.35. The van der Waals surface area contributed by atoms with Gasteiger partial charge in [-0.1, -0.05) is 41.9 Å². The number of aryl methyl sites for hydroxylation is 1. The quantitative estimate of drug-likeness (QED) is 0.839. The fourth-order valence-electron chi connectivity index (χ4n) is 3.17. The van der Waals surface area contributed by atoms with E-state index in [1.54, 1.807) is 30.0 Å². The Morgan fingerprint density at radius 2 is 2.04 bits per heavy atom. The van der Waals surface area contributed by atoms with Gasteiger partial charge in [-0.3, -0.25) is 4.79 Å². The van der Waals surface area contributed by atoms with Crippen LogP contribution in [-0.4, -0.2) is 24.0 Å². The normalized spacial score (nSPS) is 17.4. The minimum absolute atomic E-state index is 0.0216. The van der Waals surface area contributed by atoms with Crippen molar-refractivity contribution in [2.24, 2.45) is 0 Å². The largest absolute Gasteiger partial charge is 0.481 e. The van der Waals surface area contributed by atoms with Gasteiger partial charge in [0.1, 0.15) is 5.75 Å². The van der Waals surface area contributed by atoms with Crippen molar-refractivity contribution in [1.29, 1.82) is 0 Å². The lowest BCUT2D eigenvalue weighted by Crippen LogP contribution is -2.39. The van der Waals surface area contributed by atoms with Crippen molar-refractivity contribution in [3.8, 4) is 5.75 Å². The molecule has 3 rings (SSSR count). The molecule has 2 aromatic carbocycles. The van der Waals surface area contributed by atoms with Gasteiger partial charge in [0.25, 0.3) is 5.91 Å². The van der Waals surface area contributed by atoms with Crippen LogP contribution in [0.2, 0.25) is 5.02 Å². The lowest BCUT2D eigenvalue weighted by Gasteiger charge is -2.28. The number of hydrogen-bond donors (Lipinski definition) is 0. The minimum Gasteiger partial charge on any atom is -0.481 e. The predicted octanol–water partition coefficient (Wildman–Crippen LogP) is 4.25. The zero-order chi connectivity index (χ0) is 16.4. The molecule has 0 N–H and O–H groups in total. The highest BCUT2D eigenvalue weighted by Crippen LogP contribution is 2.35. The Kier molecular flexibility index (Phi) is 4.58. The van der Waals surface area contributed by atoms with Crippen LogP contribution in [0.5, 0.6) is 5.75 Å². The summed E-state index contributed by atoms with van der Waals surface area (Å²) >= 11 is 5.95. The van der Waals surface area contributed by atoms with Gasteiger partial charge in [-0.05, 0) is 49.1 Å². The van der Waals surface area contributed by atoms with Crippen LogP contribution >= 0.6 is 11.6 Å². The zero-order valence-corrected chi connectivity index (χ0v) is 14.1. The molecule has 4 heteroatoms. The SMILES string of the molecule is CC(Oc1cccc(Cl)c1)C(=O)N(C)C1CCc2ccccc21. The van der Waals surface area contributed by atoms with E-state index in [1.165, 1.54) is 11.1 Å². The zero-order valence-electron chi connectivity index (χ0n) is 13.3. The van der Waals surface area contributed by atoms with Gasteiger partial charge in [0.05, 0.1) is 6.04 Å². The first-order valence-electron chi connectivity index (χ1n) is 7.83. The van der Waals surface area contributed by atoms with E-state index in [4.69, 9.17) is 16.3 Å². The van der Waals surface area contributed by atoms with Crippen molar-refractivity contribution < 1.29 is 9.53 Å². The lowest BCUT2D eigenvalue weighted by atomic mass is 10.1. The highest BCUT2D eigenvalue weighted by atomic mass is 35.5. The monoisotopic (exact) mass is 329 g/mol. The van der Waals surface area contributed by atoms with Crippen molar-refractivity contribution in [2.75, 3.05) is 7.05 Å². The summed E-state index contributed by atoms with van der Waals surface area (Å²) in [6, 6.07) is 15.6. The van der Waals surface area contributed by atoms with Crippen molar-refractivity contribution in [3.05, 3.63) is 64.7 Å². The van der Waals surface area contributed by atoms with E-state index >= 15 is 0 Å². The van der Waals surface area contributed by atoms with E-state index < -0.39 is 6.10 Å². The third-order valence-corrected chi connectivity index (χ3v) is 4.61. The number of likely N-dealkylation sites (N-methyl/N-ethyl adjacent to an activating group) is 1. The second kappa shape index (κ2) is 6.63. The van der Waals surface area contributed by atoms with Crippen molar-refractivity contribution >= 4 is 17.5 Å². The van der Waals surface area contributed by atoms with E-state index in [0.717, 1.165) is 12.8 Å². The fraction of sp³-hybridized carbons (Fsp3) is 0.316. The van der Waals surface area contributed by atoms with Crippen LogP contribution in [0.1, 0.15) is 30.5 Å². The molecule has 1 aliphatic rings. The molecule has 0 saturated heterocycles. The van der Waals surface area contributed by atoms with Gasteiger partial charge in [-0.15, -0.1) is 0 Å². The number of nitrogens with zero attached hydrogens (tertiary/aromatic N) is 1. The summed E-state index contributed by atoms with van der Waals surface area (Å²) in [5, 5.41) is 0.597. The molecule has 0 bridgehead atoms. The third kappa shape index (κ3) is 3.35. The van der Waals surface area contributed by atoms with Crippen LogP contribution in [-0.2, 0) is 11.2 Å². The van der Waals surface area contributed by atoms with Crippen molar-refractivity contribution in [2.45, 2.75) is 31.9 Å². The summed E-state index contributed by atoms with van der Waals surface area (Å²) in [5.74, 6) is 0.588. The molecule has 1 amide bonds. The van der Waals surface area contributed by atoms with E-state index in [2.05, 4.69) is 12.1 Å². The van der Waals surface area contributed by atoms with Gasteiger partial charge >= 0.3 is 0 Å². The van der Waals surface area contributed by atoms with Crippen LogP contribution in [0.3, 0.4) is 0 Å². The van der Waals surface area contributed by atoms with Gasteiger partial charge in [0.15, 0.2) is 6.10 Å². The molecule has 0 spiro atoms. The standard InChI is InChI=1S/C19H20ClNO2/c1-13(23-16-8-5-7-15(20)12-16)19(22)21(2)18-11-10-14-6-3-4-9-17(14)18/h3-9,12-13,18H,10-11H2,1-2H3. The number of amides is 1. The topological polar surface area (TPSA) is 29.5 Å². The number of hydrogen-bond acceptors (Lipinski definition) is 2. The highest BCUT2D eigenvalue weighted by Gasteiger charge is 2.31. The van der Waals surface area contributed by atoms with E-state index in [1.807, 2.05) is 25.2 Å². The summed E-state index contributed by atoms with van der Waals surface area (Å²) in [7, 11) is 1.85. The summed E-state index contributed by atoms with van der Waals surface area (Å²) < 4.78 is 5.75. The van der Waals surface area contributed by atoms with Gasteiger partial charge in [-0.25, -0.2) is 0 Å². The van der Waals surface area contributed by atoms with E-state index in [0.29, 0.717) is 10.8 Å². The number of halogens is 1. The minimum atomic E-state index is -0.550. The van der Waals surface area contributed by atoms with Crippen LogP contribution in [0, 0.1) is 0 Å². The molecule has 1 aliphatic carbocycles. The molecule has 2 aromatic rings. The lowest BCUT2D eigenvalue weighted by molar-refractivity contribution is -0.138. The van der Waals surface area contributed by atoms with Gasteiger partial charge in [-0.2, -0.15) is 0 Å². The van der Waals surface area contributed by atoms with Crippen LogP contribution in [0.25, 0.3) is 0 Å². The Balaban J connectivity index is 1.70. The van der Waals surface area contributed by atoms with Gasteiger partial charge < -0.3 is 9.64 Å². The number of rotatable bonds is 4. The van der Waals surface area contributed by atoms with Crippen molar-refractivity contribution in [3.63, 3.8) is 0 Å². The molecule has 23 heavy (non-hydrogen) atoms. The molecule has 0 radical (unpaired) electrons. The summed E-state index contributed by atoms with van der Waals surface area (Å²) in [5.41, 5.74) is 2.58. The second-order valence-corrected chi connectivity index (χ2v) is 6.36. The molecule has 120 valence electrons. The summed E-state index contributed by atoms with van der Waals surface area (Å²) in [6.45, 7) is 1.78. The Morgan fingerprint density at radius 1 is 1.26 bits per heavy atom. The second-order valence-electron chi connectivity index (χ2n) is 5.92. The summed E-state index contributed by atoms with van der Waals surface area (Å²) in [6.07, 6.45) is 1.43. The molecule has 0 aromatic heterocycles. The molecule has 2 unspecified atom stereocenters. The van der Waals surface area contributed by atoms with Gasteiger partial charge in [0.2, 0.25) is 0 Å². The Hall–Kier alpha value is -2.00. The number of fused-ring (bicyclic) bond motifs is 1. The van der Waals surface area contributed by atoms with E-state index in [9.17, 15) is 4.79 Å². The molecule has 3 nitrogen and oxygen atoms in total. The Morgan fingerprint density at radius 3 is 2.83 bits per heavy atom. The molecule has 0 fully saturated rings. The Bertz CT molecular complexity index is 716. The maximum Gasteiger partial charge on any atom is 0.263 e. The maximum atomic E-state index is 12.7. The molecule has 2 atom stereocenters. The summed E-state index contributed by atoms with van der Waals surface area (Å²) in [4.78, 5) is 14.5. The first-order chi connectivity index (χ1) is 11.1. The average molecular weight is 330 g/mol. The smallest absolute Gasteiger partial charge is 0.263 e. The first kappa shape index (κ1) is 15.9. The molecular formula is C19H20ClNO2. The molecular weight excluding hydrogens is 310 g/mol. The first-order valence-corrected chi connectivity index (χ1v) is 8.21. The molecule has 0 heterocycles. The van der Waals surface area contributed by atoms with Gasteiger partial charge in [0, 0.05) is 12.1 Å². The van der Waals surface area contributed by atoms with Crippen LogP contribution < -0.4 is 4.74 Å². The van der Waals surface area contributed by atoms with Crippen LogP contribution in [0.15, 0.2) is 48.5 Å². The number of carbonyl (C=O) groups is 1.